The number of benzene rings is 1. The van der Waals surface area contributed by atoms with Gasteiger partial charge in [0.05, 0.1) is 0 Å². The zero-order valence-corrected chi connectivity index (χ0v) is 9.97. The Bertz CT molecular complexity index is 216. The molecule has 0 saturated heterocycles. The van der Waals surface area contributed by atoms with Crippen molar-refractivity contribution in [3.05, 3.63) is 30.3 Å². The zero-order valence-electron chi connectivity index (χ0n) is 9.07. The Hall–Kier alpha value is 0.207. The Labute approximate surface area is 101 Å². The fraction of sp³-hybridized carbons (Fsp3) is 0.455. The SMILES string of the molecule is CCCCCO[P-]c1ccccc1.[Li+]. The molecular formula is C11H16LiOP. The number of rotatable bonds is 6. The van der Waals surface area contributed by atoms with E-state index in [-0.39, 0.29) is 18.9 Å². The van der Waals surface area contributed by atoms with Gasteiger partial charge < -0.3 is 13.3 Å². The van der Waals surface area contributed by atoms with Gasteiger partial charge in [0.25, 0.3) is 0 Å². The standard InChI is InChI=1S/C11H16OP.Li/c1-2-3-7-10-12-13-11-8-5-4-6-9-11;/h4-6,8-9H,2-3,7,10H2,1H3;/q-1;+1. The Balaban J connectivity index is 0.00000169. The summed E-state index contributed by atoms with van der Waals surface area (Å²) in [4.78, 5) is 0. The van der Waals surface area contributed by atoms with Crippen molar-refractivity contribution >= 4 is 14.1 Å². The fourth-order valence-electron chi connectivity index (χ4n) is 1.03. The molecule has 0 N–H and O–H groups in total. The Morgan fingerprint density at radius 2 is 1.86 bits per heavy atom. The van der Waals surface area contributed by atoms with E-state index in [2.05, 4.69) is 19.1 Å². The normalized spacial score (nSPS) is 10.4. The van der Waals surface area contributed by atoms with Gasteiger partial charge in [-0.15, -0.1) is 0 Å². The van der Waals surface area contributed by atoms with Crippen LogP contribution in [-0.2, 0) is 4.52 Å². The van der Waals surface area contributed by atoms with Gasteiger partial charge in [0, 0.05) is 6.61 Å². The van der Waals surface area contributed by atoms with Crippen LogP contribution in [0.1, 0.15) is 26.2 Å². The van der Waals surface area contributed by atoms with Crippen molar-refractivity contribution in [3.8, 4) is 0 Å². The van der Waals surface area contributed by atoms with Gasteiger partial charge in [-0.05, 0) is 6.42 Å². The van der Waals surface area contributed by atoms with Gasteiger partial charge >= 0.3 is 18.9 Å². The minimum Gasteiger partial charge on any atom is -0.553 e. The quantitative estimate of drug-likeness (QED) is 0.368. The molecule has 0 fully saturated rings. The minimum absolute atomic E-state index is 0. The summed E-state index contributed by atoms with van der Waals surface area (Å²) in [6.45, 7) is 3.08. The summed E-state index contributed by atoms with van der Waals surface area (Å²) in [5, 5.41) is 1.24. The predicted octanol–water partition coefficient (Wildman–Crippen LogP) is 0.384. The Kier molecular flexibility index (Phi) is 9.90. The first-order chi connectivity index (χ1) is 6.43. The van der Waals surface area contributed by atoms with Crippen LogP contribution in [0, 0.1) is 0 Å². The number of hydrogen-bond donors (Lipinski definition) is 0. The minimum atomic E-state index is 0. The van der Waals surface area contributed by atoms with E-state index in [9.17, 15) is 0 Å². The molecule has 0 saturated carbocycles. The maximum atomic E-state index is 5.49. The molecule has 1 rings (SSSR count). The molecule has 0 aliphatic heterocycles. The van der Waals surface area contributed by atoms with Crippen molar-refractivity contribution in [3.63, 3.8) is 0 Å². The topological polar surface area (TPSA) is 9.23 Å². The second kappa shape index (κ2) is 9.75. The average molecular weight is 202 g/mol. The van der Waals surface area contributed by atoms with E-state index in [4.69, 9.17) is 4.52 Å². The first-order valence-electron chi connectivity index (χ1n) is 4.81. The summed E-state index contributed by atoms with van der Waals surface area (Å²) in [7, 11) is 0.993. The molecule has 3 heteroatoms. The van der Waals surface area contributed by atoms with Crippen molar-refractivity contribution in [2.75, 3.05) is 6.61 Å². The second-order valence-electron chi connectivity index (χ2n) is 2.97. The van der Waals surface area contributed by atoms with E-state index >= 15 is 0 Å². The molecule has 0 atom stereocenters. The molecule has 0 heterocycles. The predicted molar refractivity (Wildman–Crippen MR) is 58.5 cm³/mol. The van der Waals surface area contributed by atoms with E-state index in [0.29, 0.717) is 0 Å². The third-order valence-corrected chi connectivity index (χ3v) is 2.59. The molecule has 0 unspecified atom stereocenters. The molecule has 0 aliphatic carbocycles. The number of unbranched alkanes of at least 4 members (excludes halogenated alkanes) is 2. The van der Waals surface area contributed by atoms with Crippen molar-refractivity contribution in [1.82, 2.24) is 0 Å². The molecule has 1 aromatic carbocycles. The summed E-state index contributed by atoms with van der Waals surface area (Å²) in [5.74, 6) is 0. The molecule has 1 aromatic rings. The van der Waals surface area contributed by atoms with Gasteiger partial charge in [0.2, 0.25) is 0 Å². The third-order valence-electron chi connectivity index (χ3n) is 1.77. The molecule has 0 radical (unpaired) electrons. The molecule has 0 aliphatic rings. The summed E-state index contributed by atoms with van der Waals surface area (Å²) >= 11 is 0. The second-order valence-corrected chi connectivity index (χ2v) is 3.92. The van der Waals surface area contributed by atoms with Crippen LogP contribution in [-0.4, -0.2) is 6.61 Å². The monoisotopic (exact) mass is 202 g/mol. The number of hydrogen-bond acceptors (Lipinski definition) is 1. The van der Waals surface area contributed by atoms with Crippen LogP contribution in [0.5, 0.6) is 0 Å². The van der Waals surface area contributed by atoms with Gasteiger partial charge in [-0.1, -0.05) is 50.1 Å². The van der Waals surface area contributed by atoms with E-state index < -0.39 is 0 Å². The maximum Gasteiger partial charge on any atom is 1.00 e. The molecule has 0 aromatic heterocycles. The summed E-state index contributed by atoms with van der Waals surface area (Å²) in [6.07, 6.45) is 3.70. The molecule has 0 spiro atoms. The molecule has 0 bridgehead atoms. The van der Waals surface area contributed by atoms with E-state index in [1.54, 1.807) is 0 Å². The summed E-state index contributed by atoms with van der Waals surface area (Å²) in [5.41, 5.74) is 0. The van der Waals surface area contributed by atoms with Crippen LogP contribution in [0.15, 0.2) is 30.3 Å². The van der Waals surface area contributed by atoms with Crippen molar-refractivity contribution in [1.29, 1.82) is 0 Å². The molecule has 1 nitrogen and oxygen atoms in total. The van der Waals surface area contributed by atoms with Gasteiger partial charge in [-0.25, -0.2) is 0 Å². The van der Waals surface area contributed by atoms with E-state index in [1.165, 1.54) is 24.6 Å². The maximum absolute atomic E-state index is 5.49. The fourth-order valence-corrected chi connectivity index (χ4v) is 1.69. The Morgan fingerprint density at radius 3 is 2.50 bits per heavy atom. The van der Waals surface area contributed by atoms with Crippen LogP contribution in [0.4, 0.5) is 0 Å². The summed E-state index contributed by atoms with van der Waals surface area (Å²) in [6, 6.07) is 10.3. The van der Waals surface area contributed by atoms with Crippen LogP contribution >= 0.6 is 8.81 Å². The van der Waals surface area contributed by atoms with Crippen LogP contribution < -0.4 is 24.2 Å². The molecule has 72 valence electrons. The van der Waals surface area contributed by atoms with Crippen LogP contribution in [0.3, 0.4) is 0 Å². The van der Waals surface area contributed by atoms with E-state index in [0.717, 1.165) is 15.4 Å². The van der Waals surface area contributed by atoms with Crippen molar-refractivity contribution in [2.24, 2.45) is 0 Å². The van der Waals surface area contributed by atoms with Crippen molar-refractivity contribution in [2.45, 2.75) is 26.2 Å². The third kappa shape index (κ3) is 6.63. The van der Waals surface area contributed by atoms with Gasteiger partial charge in [-0.2, -0.15) is 5.30 Å². The van der Waals surface area contributed by atoms with Crippen molar-refractivity contribution < 1.29 is 23.4 Å². The largest absolute Gasteiger partial charge is 1.00 e. The van der Waals surface area contributed by atoms with Crippen LogP contribution in [0.2, 0.25) is 0 Å². The van der Waals surface area contributed by atoms with Gasteiger partial charge in [0.1, 0.15) is 0 Å². The van der Waals surface area contributed by atoms with Gasteiger partial charge in [-0.3, -0.25) is 0 Å². The van der Waals surface area contributed by atoms with Gasteiger partial charge in [0.15, 0.2) is 0 Å². The zero-order chi connectivity index (χ0) is 9.36. The average Bonchev–Trinajstić information content (AvgIpc) is 2.19. The molecular weight excluding hydrogens is 186 g/mol. The first kappa shape index (κ1) is 14.2. The van der Waals surface area contributed by atoms with Crippen LogP contribution in [0.25, 0.3) is 0 Å². The Morgan fingerprint density at radius 1 is 1.14 bits per heavy atom. The molecule has 0 amide bonds. The first-order valence-corrected chi connectivity index (χ1v) is 5.63. The molecule has 14 heavy (non-hydrogen) atoms. The van der Waals surface area contributed by atoms with E-state index in [1.807, 2.05) is 18.2 Å². The summed E-state index contributed by atoms with van der Waals surface area (Å²) < 4.78 is 5.49. The smallest absolute Gasteiger partial charge is 0.553 e.